The summed E-state index contributed by atoms with van der Waals surface area (Å²) in [6.45, 7) is 4.40. The molecule has 0 aromatic heterocycles. The summed E-state index contributed by atoms with van der Waals surface area (Å²) in [6.07, 6.45) is 0. The molecule has 124 valence electrons. The van der Waals surface area contributed by atoms with Crippen molar-refractivity contribution in [3.8, 4) is 0 Å². The van der Waals surface area contributed by atoms with Crippen LogP contribution >= 0.6 is 0 Å². The SMILES string of the molecule is CN(C)c1cc([Si](C)(C)c2ccc(F)c(N(C)C)c2)ccc1F. The molecule has 0 N–H and O–H groups in total. The number of hydrogen-bond acceptors (Lipinski definition) is 2. The van der Waals surface area contributed by atoms with Crippen molar-refractivity contribution in [3.63, 3.8) is 0 Å². The van der Waals surface area contributed by atoms with Crippen LogP contribution in [0.1, 0.15) is 0 Å². The summed E-state index contributed by atoms with van der Waals surface area (Å²) in [5.41, 5.74) is 1.16. The molecule has 0 atom stereocenters. The van der Waals surface area contributed by atoms with Gasteiger partial charge in [0.25, 0.3) is 0 Å². The standard InChI is InChI=1S/C18H24F2N2Si/c1-21(2)17-11-13(7-9-15(17)19)23(5,6)14-8-10-16(20)18(12-14)22(3)4/h7-12H,1-6H3. The largest absolute Gasteiger partial charge is 0.375 e. The second-order valence-corrected chi connectivity index (χ2v) is 11.2. The summed E-state index contributed by atoms with van der Waals surface area (Å²) in [5, 5.41) is 2.25. The monoisotopic (exact) mass is 334 g/mol. The van der Waals surface area contributed by atoms with Crippen LogP contribution in [0.5, 0.6) is 0 Å². The van der Waals surface area contributed by atoms with Gasteiger partial charge in [-0.05, 0) is 24.3 Å². The maximum Gasteiger partial charge on any atom is 0.146 e. The van der Waals surface area contributed by atoms with Gasteiger partial charge >= 0.3 is 0 Å². The van der Waals surface area contributed by atoms with Gasteiger partial charge in [0.1, 0.15) is 19.7 Å². The highest BCUT2D eigenvalue weighted by molar-refractivity contribution is 7.00. The predicted octanol–water partition coefficient (Wildman–Crippen LogP) is 2.92. The van der Waals surface area contributed by atoms with E-state index in [0.717, 1.165) is 10.4 Å². The first-order valence-corrected chi connectivity index (χ1v) is 10.6. The van der Waals surface area contributed by atoms with Crippen LogP contribution in [0.4, 0.5) is 20.2 Å². The number of rotatable bonds is 4. The van der Waals surface area contributed by atoms with Crippen LogP contribution < -0.4 is 20.2 Å². The van der Waals surface area contributed by atoms with Crippen molar-refractivity contribution in [1.29, 1.82) is 0 Å². The van der Waals surface area contributed by atoms with Crippen molar-refractivity contribution in [3.05, 3.63) is 48.0 Å². The minimum Gasteiger partial charge on any atom is -0.375 e. The Morgan fingerprint density at radius 2 is 1.04 bits per heavy atom. The molecule has 0 heterocycles. The van der Waals surface area contributed by atoms with E-state index in [9.17, 15) is 8.78 Å². The van der Waals surface area contributed by atoms with Crippen molar-refractivity contribution >= 4 is 29.8 Å². The fourth-order valence-corrected chi connectivity index (χ4v) is 4.98. The van der Waals surface area contributed by atoms with Crippen LogP contribution in [-0.2, 0) is 0 Å². The molecule has 0 aliphatic carbocycles. The zero-order chi connectivity index (χ0) is 17.4. The molecule has 0 aliphatic rings. The van der Waals surface area contributed by atoms with E-state index in [1.54, 1.807) is 9.80 Å². The third-order valence-corrected chi connectivity index (χ3v) is 7.81. The first-order chi connectivity index (χ1) is 10.6. The highest BCUT2D eigenvalue weighted by Gasteiger charge is 2.28. The van der Waals surface area contributed by atoms with Gasteiger partial charge in [-0.1, -0.05) is 35.6 Å². The van der Waals surface area contributed by atoms with E-state index in [2.05, 4.69) is 13.1 Å². The smallest absolute Gasteiger partial charge is 0.146 e. The number of halogens is 2. The molecule has 2 aromatic carbocycles. The Balaban J connectivity index is 2.54. The van der Waals surface area contributed by atoms with E-state index in [1.165, 1.54) is 12.1 Å². The Morgan fingerprint density at radius 3 is 1.35 bits per heavy atom. The third-order valence-electron chi connectivity index (χ3n) is 4.30. The van der Waals surface area contributed by atoms with E-state index in [4.69, 9.17) is 0 Å². The molecule has 0 radical (unpaired) electrons. The molecule has 2 aromatic rings. The van der Waals surface area contributed by atoms with Crippen molar-refractivity contribution in [2.75, 3.05) is 38.0 Å². The Bertz CT molecular complexity index is 653. The Morgan fingerprint density at radius 1 is 0.696 bits per heavy atom. The lowest BCUT2D eigenvalue weighted by atomic mass is 10.3. The first kappa shape index (κ1) is 17.5. The van der Waals surface area contributed by atoms with Gasteiger partial charge in [-0.3, -0.25) is 0 Å². The summed E-state index contributed by atoms with van der Waals surface area (Å²) in [7, 11) is 5.29. The highest BCUT2D eigenvalue weighted by Crippen LogP contribution is 2.20. The summed E-state index contributed by atoms with van der Waals surface area (Å²) in [4.78, 5) is 3.55. The van der Waals surface area contributed by atoms with Crippen molar-refractivity contribution in [2.24, 2.45) is 0 Å². The topological polar surface area (TPSA) is 6.48 Å². The molecular formula is C18H24F2N2Si. The normalized spacial score (nSPS) is 11.5. The van der Waals surface area contributed by atoms with E-state index < -0.39 is 8.07 Å². The van der Waals surface area contributed by atoms with Crippen LogP contribution in [0.25, 0.3) is 0 Å². The molecule has 2 nitrogen and oxygen atoms in total. The van der Waals surface area contributed by atoms with Gasteiger partial charge in [-0.25, -0.2) is 8.78 Å². The van der Waals surface area contributed by atoms with Gasteiger partial charge in [0.15, 0.2) is 0 Å². The fraction of sp³-hybridized carbons (Fsp3) is 0.333. The lowest BCUT2D eigenvalue weighted by Crippen LogP contribution is -2.53. The maximum absolute atomic E-state index is 14.0. The molecule has 0 saturated heterocycles. The van der Waals surface area contributed by atoms with E-state index in [0.29, 0.717) is 11.4 Å². The number of hydrogen-bond donors (Lipinski definition) is 0. The Labute approximate surface area is 138 Å². The lowest BCUT2D eigenvalue weighted by molar-refractivity contribution is 0.626. The molecule has 0 aliphatic heterocycles. The summed E-state index contributed by atoms with van der Waals surface area (Å²) in [6, 6.07) is 10.6. The van der Waals surface area contributed by atoms with Gasteiger partial charge in [0, 0.05) is 28.2 Å². The average molecular weight is 334 g/mol. The fourth-order valence-electron chi connectivity index (χ4n) is 2.65. The van der Waals surface area contributed by atoms with E-state index in [-0.39, 0.29) is 11.6 Å². The average Bonchev–Trinajstić information content (AvgIpc) is 2.47. The highest BCUT2D eigenvalue weighted by atomic mass is 28.3. The molecule has 0 amide bonds. The van der Waals surface area contributed by atoms with Crippen LogP contribution in [0.3, 0.4) is 0 Å². The molecule has 5 heteroatoms. The molecule has 0 unspecified atom stereocenters. The second kappa shape index (κ2) is 6.32. The van der Waals surface area contributed by atoms with Crippen molar-refractivity contribution < 1.29 is 8.78 Å². The lowest BCUT2D eigenvalue weighted by Gasteiger charge is -2.27. The minimum absolute atomic E-state index is 0.225. The molecule has 23 heavy (non-hydrogen) atoms. The second-order valence-electron chi connectivity index (χ2n) is 6.75. The molecule has 0 spiro atoms. The van der Waals surface area contributed by atoms with Crippen LogP contribution in [0.15, 0.2) is 36.4 Å². The first-order valence-electron chi connectivity index (χ1n) is 7.59. The summed E-state index contributed by atoms with van der Waals surface area (Å²) >= 11 is 0. The molecule has 2 rings (SSSR count). The van der Waals surface area contributed by atoms with E-state index in [1.807, 2.05) is 52.5 Å². The van der Waals surface area contributed by atoms with Gasteiger partial charge in [-0.2, -0.15) is 0 Å². The Kier molecular flexibility index (Phi) is 4.80. The molecule has 0 saturated carbocycles. The number of benzene rings is 2. The van der Waals surface area contributed by atoms with Crippen molar-refractivity contribution in [1.82, 2.24) is 0 Å². The van der Waals surface area contributed by atoms with Gasteiger partial charge in [0.05, 0.1) is 11.4 Å². The Hall–Kier alpha value is -1.88. The van der Waals surface area contributed by atoms with E-state index >= 15 is 0 Å². The number of nitrogens with zero attached hydrogens (tertiary/aromatic N) is 2. The zero-order valence-corrected chi connectivity index (χ0v) is 15.6. The van der Waals surface area contributed by atoms with Gasteiger partial charge in [-0.15, -0.1) is 0 Å². The summed E-state index contributed by atoms with van der Waals surface area (Å²) in [5.74, 6) is -0.451. The molecule has 0 fully saturated rings. The summed E-state index contributed by atoms with van der Waals surface area (Å²) < 4.78 is 27.9. The quantitative estimate of drug-likeness (QED) is 0.793. The van der Waals surface area contributed by atoms with Crippen LogP contribution in [0, 0.1) is 11.6 Å². The van der Waals surface area contributed by atoms with Crippen molar-refractivity contribution in [2.45, 2.75) is 13.1 Å². The van der Waals surface area contributed by atoms with Crippen LogP contribution in [-0.4, -0.2) is 36.3 Å². The molecule has 0 bridgehead atoms. The van der Waals surface area contributed by atoms with Gasteiger partial charge < -0.3 is 9.80 Å². The van der Waals surface area contributed by atoms with Gasteiger partial charge in [0.2, 0.25) is 0 Å². The minimum atomic E-state index is -2.04. The van der Waals surface area contributed by atoms with Crippen LogP contribution in [0.2, 0.25) is 13.1 Å². The predicted molar refractivity (Wildman–Crippen MR) is 98.2 cm³/mol. The third kappa shape index (κ3) is 3.39. The maximum atomic E-state index is 14.0. The number of anilines is 2. The molecular weight excluding hydrogens is 310 g/mol. The zero-order valence-electron chi connectivity index (χ0n) is 14.6.